The van der Waals surface area contributed by atoms with Gasteiger partial charge >= 0.3 is 11.7 Å². The van der Waals surface area contributed by atoms with E-state index in [0.29, 0.717) is 31.4 Å². The summed E-state index contributed by atoms with van der Waals surface area (Å²) in [4.78, 5) is 45.9. The fraction of sp³-hybridized carbons (Fsp3) is 0.346. The van der Waals surface area contributed by atoms with E-state index in [2.05, 4.69) is 20.3 Å². The van der Waals surface area contributed by atoms with Gasteiger partial charge in [-0.05, 0) is 61.6 Å². The van der Waals surface area contributed by atoms with Gasteiger partial charge in [0.2, 0.25) is 0 Å². The first kappa shape index (κ1) is 25.0. The molecule has 3 N–H and O–H groups in total. The quantitative estimate of drug-likeness (QED) is 0.214. The highest BCUT2D eigenvalue weighted by Gasteiger charge is 2.19. The van der Waals surface area contributed by atoms with Crippen LogP contribution in [0.2, 0.25) is 0 Å². The molecule has 0 radical (unpaired) electrons. The van der Waals surface area contributed by atoms with Gasteiger partial charge < -0.3 is 15.0 Å². The number of anilines is 1. The Morgan fingerprint density at radius 3 is 2.58 bits per heavy atom. The highest BCUT2D eigenvalue weighted by Crippen LogP contribution is 2.27. The number of carbonyl (C=O) groups is 1. The van der Waals surface area contributed by atoms with Crippen LogP contribution >= 0.6 is 0 Å². The normalized spacial score (nSPS) is 11.3. The number of nitrogens with one attached hydrogen (secondary N) is 2. The van der Waals surface area contributed by atoms with Crippen molar-refractivity contribution in [3.63, 3.8) is 0 Å². The molecular weight excluding hydrogens is 465 g/mol. The molecule has 0 aliphatic carbocycles. The molecule has 0 spiro atoms. The van der Waals surface area contributed by atoms with E-state index in [1.54, 1.807) is 12.1 Å². The summed E-state index contributed by atoms with van der Waals surface area (Å²) in [7, 11) is 0. The van der Waals surface area contributed by atoms with E-state index >= 15 is 0 Å². The first-order valence-electron chi connectivity index (χ1n) is 12.0. The zero-order valence-electron chi connectivity index (χ0n) is 20.0. The van der Waals surface area contributed by atoms with Crippen LogP contribution in [0.25, 0.3) is 22.6 Å². The molecule has 0 saturated heterocycles. The second-order valence-electron chi connectivity index (χ2n) is 8.82. The smallest absolute Gasteiger partial charge is 0.349 e. The number of carboxylic acids is 1. The second kappa shape index (κ2) is 11.1. The van der Waals surface area contributed by atoms with Crippen molar-refractivity contribution in [1.29, 1.82) is 0 Å². The number of aliphatic carboxylic acids is 1. The molecule has 9 nitrogen and oxygen atoms in total. The summed E-state index contributed by atoms with van der Waals surface area (Å²) in [5.74, 6) is -0.850. The predicted molar refractivity (Wildman–Crippen MR) is 135 cm³/mol. The lowest BCUT2D eigenvalue weighted by Crippen LogP contribution is -2.29. The van der Waals surface area contributed by atoms with E-state index in [1.165, 1.54) is 12.1 Å². The fourth-order valence-electron chi connectivity index (χ4n) is 4.25. The molecular formula is C26H28FN5O4. The Morgan fingerprint density at radius 2 is 1.83 bits per heavy atom. The van der Waals surface area contributed by atoms with Gasteiger partial charge in [-0.3, -0.25) is 14.6 Å². The van der Waals surface area contributed by atoms with Crippen LogP contribution in [0.1, 0.15) is 43.2 Å². The Kier molecular flexibility index (Phi) is 7.72. The Bertz CT molecular complexity index is 1460. The van der Waals surface area contributed by atoms with Crippen LogP contribution < -0.4 is 16.6 Å². The van der Waals surface area contributed by atoms with Crippen molar-refractivity contribution in [2.75, 3.05) is 11.9 Å². The van der Waals surface area contributed by atoms with Crippen LogP contribution in [0.15, 0.2) is 46.0 Å². The molecule has 36 heavy (non-hydrogen) atoms. The summed E-state index contributed by atoms with van der Waals surface area (Å²) in [5.41, 5.74) is 2.98. The molecule has 0 fully saturated rings. The Morgan fingerprint density at radius 1 is 1.08 bits per heavy atom. The first-order valence-corrected chi connectivity index (χ1v) is 12.0. The number of nitrogens with zero attached hydrogens (tertiary/aromatic N) is 3. The molecule has 188 valence electrons. The first-order chi connectivity index (χ1) is 17.3. The van der Waals surface area contributed by atoms with Gasteiger partial charge in [0, 0.05) is 25.2 Å². The van der Waals surface area contributed by atoms with Gasteiger partial charge in [-0.1, -0.05) is 25.0 Å². The number of hydrogen-bond acceptors (Lipinski definition) is 6. The molecule has 0 unspecified atom stereocenters. The standard InChI is InChI=1S/C26H28FN5O4/c1-16-14-20-21(15-19(16)28-12-11-17-7-9-18(27)10-8-17)32(13-5-3-2-4-6-22(33)34)24-23(29-20)25(35)31-26(36)30-24/h7-10,14-15,28H,2-6,11-13H2,1H3,(H,33,34)(H,31,35,36). The lowest BCUT2D eigenvalue weighted by Gasteiger charge is -2.19. The van der Waals surface area contributed by atoms with E-state index in [9.17, 15) is 18.8 Å². The maximum Gasteiger partial charge on any atom is 0.349 e. The van der Waals surface area contributed by atoms with Crippen molar-refractivity contribution in [3.8, 4) is 11.5 Å². The van der Waals surface area contributed by atoms with Gasteiger partial charge in [0.05, 0.1) is 11.0 Å². The molecule has 0 amide bonds. The minimum Gasteiger partial charge on any atom is -0.481 e. The van der Waals surface area contributed by atoms with Crippen molar-refractivity contribution in [1.82, 2.24) is 19.5 Å². The second-order valence-corrected chi connectivity index (χ2v) is 8.82. The molecule has 0 bridgehead atoms. The highest BCUT2D eigenvalue weighted by molar-refractivity contribution is 5.84. The number of hydrogen-bond donors (Lipinski definition) is 3. The maximum atomic E-state index is 13.2. The number of fused-ring (bicyclic) bond motifs is 2. The van der Waals surface area contributed by atoms with Crippen LogP contribution in [0.5, 0.6) is 0 Å². The molecule has 2 aromatic carbocycles. The Hall–Kier alpha value is -4.08. The average molecular weight is 494 g/mol. The zero-order valence-corrected chi connectivity index (χ0v) is 20.0. The molecule has 0 atom stereocenters. The number of aromatic amines is 1. The maximum absolute atomic E-state index is 13.2. The number of unbranched alkanes of at least 4 members (excludes halogenated alkanes) is 3. The molecule has 2 aromatic rings. The van der Waals surface area contributed by atoms with E-state index in [-0.39, 0.29) is 23.8 Å². The summed E-state index contributed by atoms with van der Waals surface area (Å²) in [6, 6.07) is 10.2. The lowest BCUT2D eigenvalue weighted by molar-refractivity contribution is -0.137. The third-order valence-electron chi connectivity index (χ3n) is 6.12. The average Bonchev–Trinajstić information content (AvgIpc) is 2.83. The van der Waals surface area contributed by atoms with Crippen LogP contribution in [0.3, 0.4) is 0 Å². The molecule has 0 saturated carbocycles. The Labute approximate surface area is 206 Å². The predicted octanol–water partition coefficient (Wildman–Crippen LogP) is 3.72. The van der Waals surface area contributed by atoms with Crippen LogP contribution in [-0.4, -0.2) is 37.1 Å². The highest BCUT2D eigenvalue weighted by atomic mass is 19.1. The number of rotatable bonds is 11. The van der Waals surface area contributed by atoms with Gasteiger partial charge in [-0.15, -0.1) is 0 Å². The van der Waals surface area contributed by atoms with Gasteiger partial charge in [0.25, 0.3) is 5.56 Å². The molecule has 2 heterocycles. The van der Waals surface area contributed by atoms with Crippen LogP contribution in [0.4, 0.5) is 10.1 Å². The van der Waals surface area contributed by atoms with E-state index in [1.807, 2.05) is 23.6 Å². The van der Waals surface area contributed by atoms with Crippen molar-refractivity contribution in [2.45, 2.75) is 52.0 Å². The van der Waals surface area contributed by atoms with Gasteiger partial charge in [0.15, 0.2) is 11.5 Å². The molecule has 2 aliphatic heterocycles. The van der Waals surface area contributed by atoms with E-state index in [4.69, 9.17) is 5.11 Å². The lowest BCUT2D eigenvalue weighted by atomic mass is 10.1. The largest absolute Gasteiger partial charge is 0.481 e. The van der Waals surface area contributed by atoms with Crippen LogP contribution in [-0.2, 0) is 17.8 Å². The number of halogens is 1. The van der Waals surface area contributed by atoms with E-state index in [0.717, 1.165) is 41.6 Å². The third kappa shape index (κ3) is 5.94. The topological polar surface area (TPSA) is 130 Å². The van der Waals surface area contributed by atoms with E-state index < -0.39 is 17.2 Å². The van der Waals surface area contributed by atoms with Crippen molar-refractivity contribution in [2.24, 2.45) is 0 Å². The summed E-state index contributed by atoms with van der Waals surface area (Å²) >= 11 is 0. The molecule has 2 aliphatic rings. The molecule has 4 rings (SSSR count). The van der Waals surface area contributed by atoms with Crippen molar-refractivity contribution >= 4 is 22.7 Å². The zero-order chi connectivity index (χ0) is 25.7. The van der Waals surface area contributed by atoms with Gasteiger partial charge in [-0.25, -0.2) is 14.2 Å². The van der Waals surface area contributed by atoms with Gasteiger partial charge in [0.1, 0.15) is 5.82 Å². The van der Waals surface area contributed by atoms with Crippen molar-refractivity contribution in [3.05, 3.63) is 74.2 Å². The minimum absolute atomic E-state index is 0.101. The van der Waals surface area contributed by atoms with Gasteiger partial charge in [-0.2, -0.15) is 4.98 Å². The Balaban J connectivity index is 1.62. The fourth-order valence-corrected chi connectivity index (χ4v) is 4.25. The summed E-state index contributed by atoms with van der Waals surface area (Å²) in [6.07, 6.45) is 3.74. The SMILES string of the molecule is Cc1cc2nc3c(=O)[nH]c(=O)nc-3n(CCCCCCC(=O)O)c2cc1NCCc1ccc(F)cc1. The minimum atomic E-state index is -0.809. The number of H-pyrrole nitrogens is 1. The van der Waals surface area contributed by atoms with Crippen LogP contribution in [0, 0.1) is 12.7 Å². The number of aromatic nitrogens is 4. The number of benzene rings is 2. The number of aryl methyl sites for hydroxylation is 2. The third-order valence-corrected chi connectivity index (χ3v) is 6.12. The summed E-state index contributed by atoms with van der Waals surface area (Å²) in [6.45, 7) is 3.07. The summed E-state index contributed by atoms with van der Waals surface area (Å²) < 4.78 is 15.0. The van der Waals surface area contributed by atoms with Crippen molar-refractivity contribution < 1.29 is 14.3 Å². The molecule has 0 aromatic heterocycles. The summed E-state index contributed by atoms with van der Waals surface area (Å²) in [5, 5.41) is 12.2. The number of carboxylic acid groups (broad SMARTS) is 1. The molecule has 10 heteroatoms. The monoisotopic (exact) mass is 493 g/mol.